The Balaban J connectivity index is 2.93. The highest BCUT2D eigenvalue weighted by atomic mass is 35.5. The zero-order valence-electron chi connectivity index (χ0n) is 6.01. The van der Waals surface area contributed by atoms with Gasteiger partial charge in [0, 0.05) is 17.4 Å². The van der Waals surface area contributed by atoms with Gasteiger partial charge in [-0.15, -0.1) is 0 Å². The van der Waals surface area contributed by atoms with Gasteiger partial charge in [0.1, 0.15) is 5.82 Å². The van der Waals surface area contributed by atoms with E-state index < -0.39 is 11.8 Å². The molecule has 0 aromatic heterocycles. The lowest BCUT2D eigenvalue weighted by Gasteiger charge is -2.04. The average Bonchev–Trinajstić information content (AvgIpc) is 1.94. The standard InChI is InChI=1S/C8H6ClFO2/c9-7-4-6(10)2-1-5(7)3-8(11)12/h1-2,4H,3H2,(H,11,12)/p-1. The van der Waals surface area contributed by atoms with Crippen LogP contribution in [0.2, 0.25) is 5.02 Å². The van der Waals surface area contributed by atoms with Gasteiger partial charge in [0.15, 0.2) is 0 Å². The van der Waals surface area contributed by atoms with Crippen LogP contribution in [0.5, 0.6) is 0 Å². The summed E-state index contributed by atoms with van der Waals surface area (Å²) >= 11 is 5.54. The van der Waals surface area contributed by atoms with E-state index >= 15 is 0 Å². The van der Waals surface area contributed by atoms with Crippen LogP contribution >= 0.6 is 11.6 Å². The highest BCUT2D eigenvalue weighted by Gasteiger charge is 2.01. The number of hydrogen-bond acceptors (Lipinski definition) is 2. The van der Waals surface area contributed by atoms with Crippen molar-refractivity contribution in [1.82, 2.24) is 0 Å². The molecule has 0 aliphatic carbocycles. The van der Waals surface area contributed by atoms with Crippen molar-refractivity contribution in [2.75, 3.05) is 0 Å². The minimum atomic E-state index is -1.23. The van der Waals surface area contributed by atoms with Gasteiger partial charge in [-0.25, -0.2) is 4.39 Å². The number of rotatable bonds is 2. The second-order valence-electron chi connectivity index (χ2n) is 2.28. The van der Waals surface area contributed by atoms with Crippen molar-refractivity contribution >= 4 is 17.6 Å². The van der Waals surface area contributed by atoms with Crippen LogP contribution in [-0.4, -0.2) is 5.97 Å². The number of halogens is 2. The summed E-state index contributed by atoms with van der Waals surface area (Å²) in [5.41, 5.74) is 0.359. The summed E-state index contributed by atoms with van der Waals surface area (Å²) in [7, 11) is 0. The summed E-state index contributed by atoms with van der Waals surface area (Å²) in [5, 5.41) is 10.3. The van der Waals surface area contributed by atoms with Gasteiger partial charge < -0.3 is 9.90 Å². The van der Waals surface area contributed by atoms with Crippen molar-refractivity contribution < 1.29 is 14.3 Å². The summed E-state index contributed by atoms with van der Waals surface area (Å²) < 4.78 is 12.4. The molecule has 0 atom stereocenters. The first-order valence-corrected chi connectivity index (χ1v) is 3.61. The molecule has 0 radical (unpaired) electrons. The Morgan fingerprint density at radius 2 is 2.25 bits per heavy atom. The van der Waals surface area contributed by atoms with Crippen molar-refractivity contribution in [1.29, 1.82) is 0 Å². The maximum atomic E-state index is 12.4. The zero-order valence-corrected chi connectivity index (χ0v) is 6.77. The number of carbonyl (C=O) groups excluding carboxylic acids is 1. The molecule has 0 aliphatic heterocycles. The number of carboxylic acid groups (broad SMARTS) is 1. The fraction of sp³-hybridized carbons (Fsp3) is 0.125. The highest BCUT2D eigenvalue weighted by Crippen LogP contribution is 2.17. The molecule has 1 rings (SSSR count). The second-order valence-corrected chi connectivity index (χ2v) is 2.69. The average molecular weight is 188 g/mol. The van der Waals surface area contributed by atoms with Crippen LogP contribution in [-0.2, 0) is 11.2 Å². The van der Waals surface area contributed by atoms with Crippen molar-refractivity contribution in [3.63, 3.8) is 0 Å². The Bertz CT molecular complexity index is 312. The zero-order chi connectivity index (χ0) is 9.14. The third-order valence-electron chi connectivity index (χ3n) is 1.35. The fourth-order valence-electron chi connectivity index (χ4n) is 0.821. The first-order chi connectivity index (χ1) is 5.59. The maximum Gasteiger partial charge on any atom is 0.124 e. The topological polar surface area (TPSA) is 40.1 Å². The van der Waals surface area contributed by atoms with Crippen LogP contribution in [0.1, 0.15) is 5.56 Å². The Labute approximate surface area is 73.6 Å². The molecule has 2 nitrogen and oxygen atoms in total. The van der Waals surface area contributed by atoms with Crippen molar-refractivity contribution in [2.45, 2.75) is 6.42 Å². The second kappa shape index (κ2) is 3.54. The summed E-state index contributed by atoms with van der Waals surface area (Å²) in [6.07, 6.45) is -0.293. The Kier molecular flexibility index (Phi) is 2.65. The van der Waals surface area contributed by atoms with Gasteiger partial charge >= 0.3 is 0 Å². The smallest absolute Gasteiger partial charge is 0.124 e. The van der Waals surface area contributed by atoms with E-state index in [4.69, 9.17) is 11.6 Å². The van der Waals surface area contributed by atoms with Gasteiger partial charge in [-0.1, -0.05) is 17.7 Å². The van der Waals surface area contributed by atoms with Gasteiger partial charge in [-0.05, 0) is 17.7 Å². The predicted molar refractivity (Wildman–Crippen MR) is 40.1 cm³/mol. The molecule has 0 saturated carbocycles. The van der Waals surface area contributed by atoms with Crippen molar-refractivity contribution in [3.8, 4) is 0 Å². The molecule has 0 amide bonds. The molecule has 0 heterocycles. The molecular formula is C8H5ClFO2-. The number of carboxylic acids is 1. The molecule has 0 aliphatic rings. The predicted octanol–water partition coefficient (Wildman–Crippen LogP) is 0.771. The maximum absolute atomic E-state index is 12.4. The Morgan fingerprint density at radius 3 is 2.75 bits per heavy atom. The fourth-order valence-corrected chi connectivity index (χ4v) is 1.05. The molecule has 0 N–H and O–H groups in total. The molecule has 0 bridgehead atoms. The van der Waals surface area contributed by atoms with Crippen LogP contribution in [0.3, 0.4) is 0 Å². The molecule has 4 heteroatoms. The molecule has 0 fully saturated rings. The van der Waals surface area contributed by atoms with Gasteiger partial charge in [0.25, 0.3) is 0 Å². The van der Waals surface area contributed by atoms with Crippen LogP contribution < -0.4 is 5.11 Å². The van der Waals surface area contributed by atoms with E-state index in [0.717, 1.165) is 12.1 Å². The van der Waals surface area contributed by atoms with E-state index in [2.05, 4.69) is 0 Å². The van der Waals surface area contributed by atoms with Gasteiger partial charge in [-0.2, -0.15) is 0 Å². The minimum Gasteiger partial charge on any atom is -0.550 e. The lowest BCUT2D eigenvalue weighted by molar-refractivity contribution is -0.304. The van der Waals surface area contributed by atoms with Crippen molar-refractivity contribution in [2.24, 2.45) is 0 Å². The Hall–Kier alpha value is -1.09. The molecule has 0 saturated heterocycles. The molecular weight excluding hydrogens is 183 g/mol. The lowest BCUT2D eigenvalue weighted by Crippen LogP contribution is -2.24. The Morgan fingerprint density at radius 1 is 1.58 bits per heavy atom. The summed E-state index contributed by atoms with van der Waals surface area (Å²) in [5.74, 6) is -1.72. The minimum absolute atomic E-state index is 0.110. The first kappa shape index (κ1) is 9.00. The van der Waals surface area contributed by atoms with Crippen LogP contribution in [0.25, 0.3) is 0 Å². The van der Waals surface area contributed by atoms with E-state index in [0.29, 0.717) is 5.56 Å². The molecule has 1 aromatic carbocycles. The molecule has 0 spiro atoms. The quantitative estimate of drug-likeness (QED) is 0.686. The van der Waals surface area contributed by atoms with Crippen molar-refractivity contribution in [3.05, 3.63) is 34.6 Å². The van der Waals surface area contributed by atoms with E-state index in [1.54, 1.807) is 0 Å². The molecule has 1 aromatic rings. The largest absolute Gasteiger partial charge is 0.550 e. The third kappa shape index (κ3) is 2.20. The number of carbonyl (C=O) groups is 1. The number of hydrogen-bond donors (Lipinski definition) is 0. The van der Waals surface area contributed by atoms with E-state index in [-0.39, 0.29) is 11.4 Å². The van der Waals surface area contributed by atoms with E-state index in [1.807, 2.05) is 0 Å². The number of benzene rings is 1. The molecule has 12 heavy (non-hydrogen) atoms. The van der Waals surface area contributed by atoms with Crippen LogP contribution in [0, 0.1) is 5.82 Å². The normalized spacial score (nSPS) is 9.83. The van der Waals surface area contributed by atoms with Gasteiger partial charge in [-0.3, -0.25) is 0 Å². The molecule has 0 unspecified atom stereocenters. The summed E-state index contributed by atoms with van der Waals surface area (Å²) in [6.45, 7) is 0. The first-order valence-electron chi connectivity index (χ1n) is 3.23. The SMILES string of the molecule is O=C([O-])Cc1ccc(F)cc1Cl. The third-order valence-corrected chi connectivity index (χ3v) is 1.70. The van der Waals surface area contributed by atoms with E-state index in [9.17, 15) is 14.3 Å². The number of aliphatic carboxylic acids is 1. The lowest BCUT2D eigenvalue weighted by atomic mass is 10.1. The highest BCUT2D eigenvalue weighted by molar-refractivity contribution is 6.31. The summed E-state index contributed by atoms with van der Waals surface area (Å²) in [6, 6.07) is 3.55. The van der Waals surface area contributed by atoms with Gasteiger partial charge in [0.2, 0.25) is 0 Å². The summed E-state index contributed by atoms with van der Waals surface area (Å²) in [4.78, 5) is 10.1. The van der Waals surface area contributed by atoms with E-state index in [1.165, 1.54) is 6.07 Å². The van der Waals surface area contributed by atoms with Crippen LogP contribution in [0.15, 0.2) is 18.2 Å². The van der Waals surface area contributed by atoms with Gasteiger partial charge in [0.05, 0.1) is 0 Å². The van der Waals surface area contributed by atoms with Crippen LogP contribution in [0.4, 0.5) is 4.39 Å². The molecule has 64 valence electrons. The monoisotopic (exact) mass is 187 g/mol.